The Bertz CT molecular complexity index is 161. The van der Waals surface area contributed by atoms with Crippen LogP contribution in [0.5, 0.6) is 0 Å². The van der Waals surface area contributed by atoms with Gasteiger partial charge in [0, 0.05) is 6.04 Å². The van der Waals surface area contributed by atoms with Crippen LogP contribution in [0.3, 0.4) is 0 Å². The molecule has 0 aromatic heterocycles. The smallest absolute Gasteiger partial charge is 0.00702 e. The second-order valence-corrected chi connectivity index (χ2v) is 5.24. The van der Waals surface area contributed by atoms with Gasteiger partial charge in [-0.1, -0.05) is 39.0 Å². The van der Waals surface area contributed by atoms with E-state index in [4.69, 9.17) is 0 Å². The number of hydrogen-bond acceptors (Lipinski definition) is 1. The number of hydrogen-bond donors (Lipinski definition) is 1. The maximum absolute atomic E-state index is 3.65. The fourth-order valence-electron chi connectivity index (χ4n) is 3.46. The average molecular weight is 195 g/mol. The van der Waals surface area contributed by atoms with E-state index < -0.39 is 0 Å². The largest absolute Gasteiger partial charge is 0.314 e. The van der Waals surface area contributed by atoms with Gasteiger partial charge in [0.05, 0.1) is 0 Å². The molecule has 0 aromatic rings. The van der Waals surface area contributed by atoms with Gasteiger partial charge in [0.25, 0.3) is 0 Å². The summed E-state index contributed by atoms with van der Waals surface area (Å²) in [6, 6.07) is 0.868. The topological polar surface area (TPSA) is 12.0 Å². The first-order valence-corrected chi connectivity index (χ1v) is 6.63. The van der Waals surface area contributed by atoms with Crippen LogP contribution in [-0.2, 0) is 0 Å². The zero-order valence-corrected chi connectivity index (χ0v) is 9.60. The first-order chi connectivity index (χ1) is 6.90. The summed E-state index contributed by atoms with van der Waals surface area (Å²) >= 11 is 0. The molecule has 0 aromatic carbocycles. The molecule has 82 valence electrons. The van der Waals surface area contributed by atoms with Crippen LogP contribution in [0.2, 0.25) is 0 Å². The number of nitrogens with one attached hydrogen (secondary N) is 1. The van der Waals surface area contributed by atoms with Gasteiger partial charge in [-0.25, -0.2) is 0 Å². The third kappa shape index (κ3) is 2.50. The summed E-state index contributed by atoms with van der Waals surface area (Å²) in [6.45, 7) is 3.65. The lowest BCUT2D eigenvalue weighted by Crippen LogP contribution is -2.29. The van der Waals surface area contributed by atoms with Gasteiger partial charge in [-0.15, -0.1) is 0 Å². The van der Waals surface area contributed by atoms with E-state index in [0.717, 1.165) is 17.9 Å². The minimum atomic E-state index is 0.868. The van der Waals surface area contributed by atoms with Crippen LogP contribution in [0.15, 0.2) is 0 Å². The molecule has 0 bridgehead atoms. The quantitative estimate of drug-likeness (QED) is 0.728. The van der Waals surface area contributed by atoms with E-state index >= 15 is 0 Å². The van der Waals surface area contributed by atoms with E-state index in [1.165, 1.54) is 57.9 Å². The van der Waals surface area contributed by atoms with Crippen molar-refractivity contribution in [3.63, 3.8) is 0 Å². The Balaban J connectivity index is 1.81. The normalized spacial score (nSPS) is 38.8. The predicted molar refractivity (Wildman–Crippen MR) is 61.4 cm³/mol. The number of rotatable bonds is 3. The standard InChI is InChI=1S/C13H25N/c1-2-11-6-3-4-7-12(11)10-13-8-5-9-14-13/h11-14H,2-10H2,1H3. The van der Waals surface area contributed by atoms with Crippen molar-refractivity contribution in [3.8, 4) is 0 Å². The highest BCUT2D eigenvalue weighted by Gasteiger charge is 2.27. The molecule has 0 radical (unpaired) electrons. The van der Waals surface area contributed by atoms with Crippen LogP contribution >= 0.6 is 0 Å². The van der Waals surface area contributed by atoms with Crippen molar-refractivity contribution in [1.82, 2.24) is 5.32 Å². The van der Waals surface area contributed by atoms with Crippen LogP contribution in [0.25, 0.3) is 0 Å². The van der Waals surface area contributed by atoms with Crippen molar-refractivity contribution in [3.05, 3.63) is 0 Å². The molecule has 1 saturated carbocycles. The molecule has 0 spiro atoms. The van der Waals surface area contributed by atoms with Crippen molar-refractivity contribution >= 4 is 0 Å². The molecular formula is C13H25N. The average Bonchev–Trinajstić information content (AvgIpc) is 2.71. The Kier molecular flexibility index (Phi) is 3.86. The summed E-state index contributed by atoms with van der Waals surface area (Å²) in [7, 11) is 0. The highest BCUT2D eigenvalue weighted by atomic mass is 14.9. The van der Waals surface area contributed by atoms with Gasteiger partial charge in [0.2, 0.25) is 0 Å². The fraction of sp³-hybridized carbons (Fsp3) is 1.00. The first kappa shape index (κ1) is 10.5. The monoisotopic (exact) mass is 195 g/mol. The minimum absolute atomic E-state index is 0.868. The summed E-state index contributed by atoms with van der Waals surface area (Å²) in [6.07, 6.45) is 11.7. The molecule has 3 unspecified atom stereocenters. The van der Waals surface area contributed by atoms with Crippen LogP contribution in [0.1, 0.15) is 58.3 Å². The molecule has 0 amide bonds. The second kappa shape index (κ2) is 5.16. The summed E-state index contributed by atoms with van der Waals surface area (Å²) in [4.78, 5) is 0. The Hall–Kier alpha value is -0.0400. The van der Waals surface area contributed by atoms with Crippen LogP contribution < -0.4 is 5.32 Å². The van der Waals surface area contributed by atoms with Crippen molar-refractivity contribution in [2.75, 3.05) is 6.54 Å². The minimum Gasteiger partial charge on any atom is -0.314 e. The fourth-order valence-corrected chi connectivity index (χ4v) is 3.46. The van der Waals surface area contributed by atoms with Crippen molar-refractivity contribution in [2.45, 2.75) is 64.3 Å². The summed E-state index contributed by atoms with van der Waals surface area (Å²) in [5, 5.41) is 3.65. The maximum atomic E-state index is 3.65. The lowest BCUT2D eigenvalue weighted by molar-refractivity contribution is 0.202. The molecule has 14 heavy (non-hydrogen) atoms. The molecule has 1 heterocycles. The van der Waals surface area contributed by atoms with Gasteiger partial charge in [-0.05, 0) is 37.6 Å². The van der Waals surface area contributed by atoms with Gasteiger partial charge in [-0.3, -0.25) is 0 Å². The van der Waals surface area contributed by atoms with Gasteiger partial charge in [0.1, 0.15) is 0 Å². The predicted octanol–water partition coefficient (Wildman–Crippen LogP) is 3.34. The summed E-state index contributed by atoms with van der Waals surface area (Å²) in [5.41, 5.74) is 0. The van der Waals surface area contributed by atoms with Crippen LogP contribution in [-0.4, -0.2) is 12.6 Å². The summed E-state index contributed by atoms with van der Waals surface area (Å²) in [5.74, 6) is 2.09. The summed E-state index contributed by atoms with van der Waals surface area (Å²) < 4.78 is 0. The molecule has 1 N–H and O–H groups in total. The second-order valence-electron chi connectivity index (χ2n) is 5.24. The molecule has 1 nitrogen and oxygen atoms in total. The third-order valence-electron chi connectivity index (χ3n) is 4.34. The molecule has 3 atom stereocenters. The van der Waals surface area contributed by atoms with Crippen LogP contribution in [0.4, 0.5) is 0 Å². The van der Waals surface area contributed by atoms with E-state index in [0.29, 0.717) is 0 Å². The SMILES string of the molecule is CCC1CCCCC1CC1CCCN1. The molecule has 1 aliphatic carbocycles. The Labute approximate surface area is 88.7 Å². The maximum Gasteiger partial charge on any atom is 0.00702 e. The molecule has 2 aliphatic rings. The van der Waals surface area contributed by atoms with Crippen molar-refractivity contribution < 1.29 is 0 Å². The van der Waals surface area contributed by atoms with E-state index in [9.17, 15) is 0 Å². The van der Waals surface area contributed by atoms with E-state index in [-0.39, 0.29) is 0 Å². The zero-order valence-electron chi connectivity index (χ0n) is 9.60. The Morgan fingerprint density at radius 2 is 1.79 bits per heavy atom. The Morgan fingerprint density at radius 3 is 2.43 bits per heavy atom. The van der Waals surface area contributed by atoms with Gasteiger partial charge in [0.15, 0.2) is 0 Å². The Morgan fingerprint density at radius 1 is 1.00 bits per heavy atom. The van der Waals surface area contributed by atoms with Gasteiger partial charge >= 0.3 is 0 Å². The highest BCUT2D eigenvalue weighted by molar-refractivity contribution is 4.82. The highest BCUT2D eigenvalue weighted by Crippen LogP contribution is 2.35. The lowest BCUT2D eigenvalue weighted by atomic mass is 9.75. The van der Waals surface area contributed by atoms with Gasteiger partial charge in [-0.2, -0.15) is 0 Å². The molecule has 1 heteroatoms. The van der Waals surface area contributed by atoms with E-state index in [2.05, 4.69) is 12.2 Å². The van der Waals surface area contributed by atoms with Crippen LogP contribution in [0, 0.1) is 11.8 Å². The third-order valence-corrected chi connectivity index (χ3v) is 4.34. The molecule has 1 aliphatic heterocycles. The van der Waals surface area contributed by atoms with E-state index in [1.807, 2.05) is 0 Å². The molecule has 2 fully saturated rings. The van der Waals surface area contributed by atoms with E-state index in [1.54, 1.807) is 0 Å². The first-order valence-electron chi connectivity index (χ1n) is 6.63. The van der Waals surface area contributed by atoms with Crippen molar-refractivity contribution in [2.24, 2.45) is 11.8 Å². The molecule has 2 rings (SSSR count). The van der Waals surface area contributed by atoms with Gasteiger partial charge < -0.3 is 5.32 Å². The lowest BCUT2D eigenvalue weighted by Gasteiger charge is -2.32. The zero-order chi connectivity index (χ0) is 9.80. The van der Waals surface area contributed by atoms with Crippen molar-refractivity contribution in [1.29, 1.82) is 0 Å². The molecule has 1 saturated heterocycles. The molecular weight excluding hydrogens is 170 g/mol.